The Hall–Kier alpha value is -10.4. The molecule has 0 N–H and O–H groups in total. The summed E-state index contributed by atoms with van der Waals surface area (Å²) in [5.41, 5.74) is 28.9. The second-order valence-electron chi connectivity index (χ2n) is 35.1. The molecule has 0 spiro atoms. The molecule has 123 heavy (non-hydrogen) atoms. The number of rotatable bonds is 17. The van der Waals surface area contributed by atoms with E-state index in [1.54, 1.807) is 0 Å². The zero-order chi connectivity index (χ0) is 80.6. The zero-order valence-electron chi connectivity index (χ0n) is 70.5. The van der Waals surface area contributed by atoms with Crippen molar-refractivity contribution in [3.63, 3.8) is 0 Å². The van der Waals surface area contributed by atoms with E-state index in [9.17, 15) is 0 Å². The van der Waals surface area contributed by atoms with Gasteiger partial charge in [0.1, 0.15) is 16.7 Å². The molecule has 6 heterocycles. The van der Waals surface area contributed by atoms with E-state index >= 15 is 0 Å². The summed E-state index contributed by atoms with van der Waals surface area (Å²) in [7, 11) is 0. The smallest absolute Gasteiger partial charge is 0.120 e. The van der Waals surface area contributed by atoms with Crippen molar-refractivity contribution in [3.8, 4) is 84.6 Å². The molecule has 3 radical (unpaired) electrons. The average molecular weight is 2150 g/mol. The van der Waals surface area contributed by atoms with E-state index in [0.717, 1.165) is 113 Å². The van der Waals surface area contributed by atoms with E-state index in [0.29, 0.717) is 35.5 Å². The van der Waals surface area contributed by atoms with Gasteiger partial charge in [-0.05, 0) is 221 Å². The number of fused-ring (bicyclic) bond motifs is 9. The zero-order valence-corrected chi connectivity index (χ0v) is 77.7. The molecule has 625 valence electrons. The number of para-hydroxylation sites is 3. The molecule has 12 heteroatoms. The maximum absolute atomic E-state index is 6.13. The van der Waals surface area contributed by atoms with Crippen LogP contribution in [-0.2, 0) is 73.2 Å². The summed E-state index contributed by atoms with van der Waals surface area (Å²) in [6, 6.07) is 95.3. The van der Waals surface area contributed by atoms with Gasteiger partial charge in [0, 0.05) is 131 Å². The molecule has 0 saturated heterocycles. The van der Waals surface area contributed by atoms with E-state index < -0.39 is 0 Å². The summed E-state index contributed by atoms with van der Waals surface area (Å²) in [6.07, 6.45) is 37.6. The van der Waals surface area contributed by atoms with Gasteiger partial charge in [0.05, 0.1) is 34.2 Å². The number of benzene rings is 12. The molecule has 4 fully saturated rings. The molecule has 4 aliphatic rings. The predicted octanol–water partition coefficient (Wildman–Crippen LogP) is 30.5. The molecule has 0 unspecified atom stereocenters. The largest absolute Gasteiger partial charge is 0.500 e. The van der Waals surface area contributed by atoms with Gasteiger partial charge < -0.3 is 27.0 Å². The third-order valence-electron chi connectivity index (χ3n) is 26.2. The second kappa shape index (κ2) is 38.0. The molecule has 9 nitrogen and oxygen atoms in total. The molecule has 22 rings (SSSR count). The quantitative estimate of drug-likeness (QED) is 0.0844. The fraction of sp³-hybridized carbons (Fsp3) is 0.270. The first-order valence-corrected chi connectivity index (χ1v) is 44.4. The maximum Gasteiger partial charge on any atom is 0.120 e. The van der Waals surface area contributed by atoms with Crippen LogP contribution in [0.3, 0.4) is 0 Å². The molecular weight excluding hydrogens is 2040 g/mol. The van der Waals surface area contributed by atoms with Crippen LogP contribution in [0.4, 0.5) is 0 Å². The van der Waals surface area contributed by atoms with Crippen LogP contribution in [0.5, 0.6) is 0 Å². The van der Waals surface area contributed by atoms with E-state index in [2.05, 4.69) is 260 Å². The van der Waals surface area contributed by atoms with Crippen LogP contribution in [0.1, 0.15) is 200 Å². The second-order valence-corrected chi connectivity index (χ2v) is 35.1. The Bertz CT molecular complexity index is 6570. The summed E-state index contributed by atoms with van der Waals surface area (Å²) in [5.74, 6) is 6.18. The van der Waals surface area contributed by atoms with Crippen LogP contribution in [0.2, 0.25) is 0 Å². The summed E-state index contributed by atoms with van der Waals surface area (Å²) in [4.78, 5) is 14.8. The van der Waals surface area contributed by atoms with Crippen LogP contribution >= 0.6 is 0 Å². The molecule has 0 aliphatic heterocycles. The van der Waals surface area contributed by atoms with Crippen molar-refractivity contribution in [1.82, 2.24) is 28.7 Å². The number of hydrogen-bond acceptors (Lipinski definition) is 6. The van der Waals surface area contributed by atoms with Crippen molar-refractivity contribution in [3.05, 3.63) is 325 Å². The van der Waals surface area contributed by atoms with Gasteiger partial charge in [0.15, 0.2) is 0 Å². The van der Waals surface area contributed by atoms with Gasteiger partial charge in [-0.15, -0.1) is 71.3 Å². The minimum Gasteiger partial charge on any atom is -0.500 e. The number of hydrogen-bond donors (Lipinski definition) is 0. The Kier molecular flexibility index (Phi) is 26.2. The van der Waals surface area contributed by atoms with E-state index in [4.69, 9.17) is 28.2 Å². The standard InChI is InChI=1S/C39H37N2O.C37H33N2O.C35H33N2O.3Ir/c1-4-12-27(13-5-1)31-25-33(28-14-6-2-7-15-28)38(34(26-31)29-16-8-3-9-17-29)41-23-22-40-39(41)30-20-21-37-35(24-30)32-18-10-11-19-36(32)42-37;1-2-10-25(11-3-1)29-23-31(26-12-4-5-13-26)36(32(24-29)27-14-6-7-15-27)39-21-20-38-37(39)28-18-19-35-33(22-28)30-16-8-9-17-34(30)40-35;1-23(2)18-28-20-27(25-10-6-5-7-11-25)21-29(19-24(3)4)34(28)37-17-16-36-35(37)26-14-15-33-31(22-26)30-12-8-9-13-32(30)38-33;;;/h1,4-5,10-13,18-19,21-26,28-29H,2-3,6-9,14-17H2;1-3,8-11,16-17,19-24,26-27H,4-7,12-15H2;5-13,15-17,20-24H,18-19H2,1-4H3;;;/q3*-1;;;. The molecule has 0 amide bonds. The fourth-order valence-electron chi connectivity index (χ4n) is 20.6. The minimum atomic E-state index is 0. The molecule has 0 bridgehead atoms. The Morgan fingerprint density at radius 2 is 0.561 bits per heavy atom. The third-order valence-corrected chi connectivity index (χ3v) is 26.2. The number of aromatic nitrogens is 6. The Labute approximate surface area is 763 Å². The minimum absolute atomic E-state index is 0. The summed E-state index contributed by atoms with van der Waals surface area (Å²) in [6.45, 7) is 9.17. The van der Waals surface area contributed by atoms with E-state index in [1.165, 1.54) is 199 Å². The van der Waals surface area contributed by atoms with Crippen molar-refractivity contribution in [2.45, 2.75) is 180 Å². The normalized spacial score (nSPS) is 14.8. The van der Waals surface area contributed by atoms with Crippen LogP contribution in [0.15, 0.2) is 287 Å². The van der Waals surface area contributed by atoms with Crippen LogP contribution in [0.25, 0.3) is 150 Å². The van der Waals surface area contributed by atoms with Gasteiger partial charge in [-0.2, -0.15) is 0 Å². The van der Waals surface area contributed by atoms with Crippen LogP contribution in [0, 0.1) is 30.0 Å². The topological polar surface area (TPSA) is 92.9 Å². The summed E-state index contributed by atoms with van der Waals surface area (Å²) < 4.78 is 25.4. The monoisotopic (exact) mass is 2150 g/mol. The average Bonchev–Trinajstić information content (AvgIpc) is 1.75. The molecular formula is C111H103Ir3N6O3-3. The Morgan fingerprint density at radius 1 is 0.293 bits per heavy atom. The molecule has 18 aromatic rings. The van der Waals surface area contributed by atoms with Gasteiger partial charge in [0.2, 0.25) is 0 Å². The number of imidazole rings is 3. The molecule has 4 saturated carbocycles. The van der Waals surface area contributed by atoms with Gasteiger partial charge in [-0.25, -0.2) is 0 Å². The molecule has 0 atom stereocenters. The van der Waals surface area contributed by atoms with Crippen LogP contribution < -0.4 is 0 Å². The van der Waals surface area contributed by atoms with Gasteiger partial charge in [-0.1, -0.05) is 254 Å². The van der Waals surface area contributed by atoms with Crippen molar-refractivity contribution in [2.24, 2.45) is 11.8 Å². The maximum atomic E-state index is 6.13. The van der Waals surface area contributed by atoms with Gasteiger partial charge in [-0.3, -0.25) is 15.0 Å². The first-order chi connectivity index (χ1) is 59.1. The van der Waals surface area contributed by atoms with Crippen molar-refractivity contribution in [1.29, 1.82) is 0 Å². The number of nitrogens with zero attached hydrogens (tertiary/aromatic N) is 6. The van der Waals surface area contributed by atoms with Crippen molar-refractivity contribution < 1.29 is 73.6 Å². The van der Waals surface area contributed by atoms with E-state index in [-0.39, 0.29) is 60.3 Å². The van der Waals surface area contributed by atoms with Crippen molar-refractivity contribution >= 4 is 65.8 Å². The first kappa shape index (κ1) is 84.8. The predicted molar refractivity (Wildman–Crippen MR) is 493 cm³/mol. The summed E-state index contributed by atoms with van der Waals surface area (Å²) in [5, 5.41) is 6.71. The number of furan rings is 3. The SMILES string of the molecule is CC(C)Cc1cc(-c2ccccc2)cc(CC(C)C)c1-n1ccnc1-c1[c-]cc2oc3ccccc3c2c1.[Ir].[Ir].[Ir].[c-]1cc2oc3ccccc3c2cc1-c1nccn1-c1c(C2CCCC2)cc(-c2ccccc2)cc1C1CCCC1.[c-]1cc2oc3ccccc3c2cc1-c1nccn1-c1c(C2CCCCC2)cc(-c2ccccc2)cc1C1CCCCC1. The van der Waals surface area contributed by atoms with Gasteiger partial charge in [0.25, 0.3) is 0 Å². The Morgan fingerprint density at radius 3 is 0.862 bits per heavy atom. The molecule has 4 aliphatic carbocycles. The van der Waals surface area contributed by atoms with Gasteiger partial charge >= 0.3 is 0 Å². The Balaban J connectivity index is 0.000000130. The summed E-state index contributed by atoms with van der Waals surface area (Å²) >= 11 is 0. The van der Waals surface area contributed by atoms with Crippen LogP contribution in [-0.4, -0.2) is 28.7 Å². The molecule has 6 aromatic heterocycles. The first-order valence-electron chi connectivity index (χ1n) is 44.4. The third kappa shape index (κ3) is 17.4. The van der Waals surface area contributed by atoms with Crippen molar-refractivity contribution in [2.75, 3.05) is 0 Å². The van der Waals surface area contributed by atoms with E-state index in [1.807, 2.05) is 73.2 Å². The fourth-order valence-corrected chi connectivity index (χ4v) is 20.6. The molecule has 12 aromatic carbocycles.